The van der Waals surface area contributed by atoms with Gasteiger partial charge in [0, 0.05) is 17.8 Å². The molecule has 0 radical (unpaired) electrons. The second-order valence-electron chi connectivity index (χ2n) is 6.56. The Kier molecular flexibility index (Phi) is 9.55. The maximum atomic E-state index is 5.79. The van der Waals surface area contributed by atoms with Gasteiger partial charge in [-0.25, -0.2) is 4.98 Å². The van der Waals surface area contributed by atoms with Crippen molar-refractivity contribution >= 4 is 0 Å². The lowest BCUT2D eigenvalue weighted by Gasteiger charge is -2.08. The van der Waals surface area contributed by atoms with E-state index in [0.717, 1.165) is 30.8 Å². The second kappa shape index (κ2) is 12.3. The summed E-state index contributed by atoms with van der Waals surface area (Å²) in [4.78, 5) is 8.87. The number of ether oxygens (including phenoxy) is 2. The fourth-order valence-electron chi connectivity index (χ4n) is 2.69. The molecule has 1 aromatic heterocycles. The lowest BCUT2D eigenvalue weighted by atomic mass is 10.2. The molecule has 1 aromatic carbocycles. The molecule has 142 valence electrons. The van der Waals surface area contributed by atoms with Gasteiger partial charge in [-0.1, -0.05) is 52.4 Å². The number of benzene rings is 1. The highest BCUT2D eigenvalue weighted by Crippen LogP contribution is 2.21. The van der Waals surface area contributed by atoms with Crippen molar-refractivity contribution in [1.82, 2.24) is 9.97 Å². The van der Waals surface area contributed by atoms with E-state index in [2.05, 4.69) is 23.8 Å². The van der Waals surface area contributed by atoms with Crippen molar-refractivity contribution < 1.29 is 9.47 Å². The van der Waals surface area contributed by atoms with Gasteiger partial charge in [0.25, 0.3) is 0 Å². The third-order valence-corrected chi connectivity index (χ3v) is 4.26. The summed E-state index contributed by atoms with van der Waals surface area (Å²) >= 11 is 0. The molecule has 2 rings (SSSR count). The summed E-state index contributed by atoms with van der Waals surface area (Å²) in [6.07, 6.45) is 11.4. The Morgan fingerprint density at radius 3 is 2.04 bits per heavy atom. The van der Waals surface area contributed by atoms with Gasteiger partial charge in [-0.2, -0.15) is 4.98 Å². The zero-order valence-corrected chi connectivity index (χ0v) is 16.2. The van der Waals surface area contributed by atoms with Gasteiger partial charge >= 0.3 is 0 Å². The molecule has 0 atom stereocenters. The number of hydrogen-bond donors (Lipinski definition) is 0. The van der Waals surface area contributed by atoms with Crippen LogP contribution in [0, 0.1) is 0 Å². The van der Waals surface area contributed by atoms with E-state index in [1.165, 1.54) is 38.5 Å². The van der Waals surface area contributed by atoms with E-state index < -0.39 is 0 Å². The van der Waals surface area contributed by atoms with Crippen LogP contribution in [0.25, 0.3) is 11.4 Å². The lowest BCUT2D eigenvalue weighted by molar-refractivity contribution is 0.293. The molecule has 2 aromatic rings. The van der Waals surface area contributed by atoms with Crippen LogP contribution >= 0.6 is 0 Å². The Bertz CT molecular complexity index is 614. The van der Waals surface area contributed by atoms with E-state index in [4.69, 9.17) is 9.47 Å². The summed E-state index contributed by atoms with van der Waals surface area (Å²) in [5.41, 5.74) is 0.972. The summed E-state index contributed by atoms with van der Waals surface area (Å²) < 4.78 is 11.5. The van der Waals surface area contributed by atoms with Crippen molar-refractivity contribution in [2.45, 2.75) is 65.2 Å². The highest BCUT2D eigenvalue weighted by Gasteiger charge is 2.04. The van der Waals surface area contributed by atoms with Gasteiger partial charge in [0.1, 0.15) is 5.75 Å². The first-order valence-corrected chi connectivity index (χ1v) is 10.0. The summed E-state index contributed by atoms with van der Waals surface area (Å²) in [7, 11) is 0. The second-order valence-corrected chi connectivity index (χ2v) is 6.56. The number of aromatic nitrogens is 2. The van der Waals surface area contributed by atoms with Crippen molar-refractivity contribution in [3.05, 3.63) is 36.5 Å². The van der Waals surface area contributed by atoms with Crippen LogP contribution in [0.15, 0.2) is 36.5 Å². The molecule has 0 spiro atoms. The monoisotopic (exact) mass is 356 g/mol. The van der Waals surface area contributed by atoms with E-state index in [-0.39, 0.29) is 0 Å². The number of unbranched alkanes of at least 4 members (excludes halogenated alkanes) is 6. The highest BCUT2D eigenvalue weighted by atomic mass is 16.5. The quantitative estimate of drug-likeness (QED) is 0.409. The topological polar surface area (TPSA) is 44.2 Å². The van der Waals surface area contributed by atoms with E-state index in [1.54, 1.807) is 6.20 Å². The molecule has 0 aliphatic heterocycles. The summed E-state index contributed by atoms with van der Waals surface area (Å²) in [5, 5.41) is 0. The molecule has 26 heavy (non-hydrogen) atoms. The number of rotatable bonds is 13. The summed E-state index contributed by atoms with van der Waals surface area (Å²) in [6, 6.07) is 9.79. The van der Waals surface area contributed by atoms with E-state index >= 15 is 0 Å². The molecule has 1 heterocycles. The van der Waals surface area contributed by atoms with Crippen LogP contribution in [0.1, 0.15) is 65.2 Å². The van der Waals surface area contributed by atoms with Crippen molar-refractivity contribution in [3.63, 3.8) is 0 Å². The molecule has 0 amide bonds. The Labute approximate surface area is 158 Å². The van der Waals surface area contributed by atoms with Crippen molar-refractivity contribution in [2.24, 2.45) is 0 Å². The molecule has 0 bridgehead atoms. The SMILES string of the molecule is CCCCCCOc1ccc(-c2nccc(OCCCCCC)n2)cc1. The van der Waals surface area contributed by atoms with Gasteiger partial charge in [-0.3, -0.25) is 0 Å². The van der Waals surface area contributed by atoms with Crippen LogP contribution in [0.2, 0.25) is 0 Å². The Morgan fingerprint density at radius 2 is 1.38 bits per heavy atom. The average molecular weight is 357 g/mol. The van der Waals surface area contributed by atoms with Gasteiger partial charge in [0.2, 0.25) is 5.88 Å². The van der Waals surface area contributed by atoms with E-state index in [0.29, 0.717) is 18.3 Å². The van der Waals surface area contributed by atoms with Crippen LogP contribution in [-0.4, -0.2) is 23.2 Å². The van der Waals surface area contributed by atoms with Crippen LogP contribution in [-0.2, 0) is 0 Å². The molecule has 4 nitrogen and oxygen atoms in total. The predicted molar refractivity (Wildman–Crippen MR) is 107 cm³/mol. The van der Waals surface area contributed by atoms with E-state index in [9.17, 15) is 0 Å². The first kappa shape index (κ1) is 20.2. The van der Waals surface area contributed by atoms with E-state index in [1.807, 2.05) is 30.3 Å². The minimum absolute atomic E-state index is 0.641. The van der Waals surface area contributed by atoms with Gasteiger partial charge in [-0.15, -0.1) is 0 Å². The van der Waals surface area contributed by atoms with Crippen LogP contribution in [0.5, 0.6) is 11.6 Å². The first-order valence-electron chi connectivity index (χ1n) is 10.0. The minimum atomic E-state index is 0.641. The van der Waals surface area contributed by atoms with Gasteiger partial charge < -0.3 is 9.47 Å². The fourth-order valence-corrected chi connectivity index (χ4v) is 2.69. The first-order chi connectivity index (χ1) is 12.8. The predicted octanol–water partition coefficient (Wildman–Crippen LogP) is 6.06. The van der Waals surface area contributed by atoms with Crippen molar-refractivity contribution in [2.75, 3.05) is 13.2 Å². The Morgan fingerprint density at radius 1 is 0.731 bits per heavy atom. The maximum absolute atomic E-state index is 5.79. The summed E-state index contributed by atoms with van der Waals surface area (Å²) in [5.74, 6) is 2.22. The molecule has 0 unspecified atom stereocenters. The standard InChI is InChI=1S/C22H32N2O2/c1-3-5-7-9-17-25-20-13-11-19(12-14-20)22-23-16-15-21(24-22)26-18-10-8-6-4-2/h11-16H,3-10,17-18H2,1-2H3. The molecular formula is C22H32N2O2. The smallest absolute Gasteiger partial charge is 0.216 e. The number of nitrogens with zero attached hydrogens (tertiary/aromatic N) is 2. The van der Waals surface area contributed by atoms with Crippen LogP contribution in [0.4, 0.5) is 0 Å². The third-order valence-electron chi connectivity index (χ3n) is 4.26. The van der Waals surface area contributed by atoms with Crippen molar-refractivity contribution in [3.8, 4) is 23.0 Å². The molecule has 0 saturated carbocycles. The Hall–Kier alpha value is -2.10. The third kappa shape index (κ3) is 7.42. The number of hydrogen-bond acceptors (Lipinski definition) is 4. The molecule has 0 saturated heterocycles. The molecule has 0 aliphatic rings. The fraction of sp³-hybridized carbons (Fsp3) is 0.545. The normalized spacial score (nSPS) is 10.7. The Balaban J connectivity index is 1.83. The minimum Gasteiger partial charge on any atom is -0.494 e. The van der Waals surface area contributed by atoms with Gasteiger partial charge in [0.15, 0.2) is 5.82 Å². The molecular weight excluding hydrogens is 324 g/mol. The average Bonchev–Trinajstić information content (AvgIpc) is 2.68. The molecule has 0 aliphatic carbocycles. The van der Waals surface area contributed by atoms with Gasteiger partial charge in [-0.05, 0) is 37.1 Å². The zero-order valence-electron chi connectivity index (χ0n) is 16.2. The summed E-state index contributed by atoms with van der Waals surface area (Å²) in [6.45, 7) is 5.91. The highest BCUT2D eigenvalue weighted by molar-refractivity contribution is 5.56. The van der Waals surface area contributed by atoms with Crippen LogP contribution in [0.3, 0.4) is 0 Å². The molecule has 0 N–H and O–H groups in total. The van der Waals surface area contributed by atoms with Crippen LogP contribution < -0.4 is 9.47 Å². The zero-order chi connectivity index (χ0) is 18.5. The van der Waals surface area contributed by atoms with Gasteiger partial charge in [0.05, 0.1) is 13.2 Å². The van der Waals surface area contributed by atoms with Crippen molar-refractivity contribution in [1.29, 1.82) is 0 Å². The lowest BCUT2D eigenvalue weighted by Crippen LogP contribution is -2.00. The molecule has 0 fully saturated rings. The largest absolute Gasteiger partial charge is 0.494 e. The molecule has 4 heteroatoms. The maximum Gasteiger partial charge on any atom is 0.216 e.